The van der Waals surface area contributed by atoms with Gasteiger partial charge in [0.05, 0.1) is 21.6 Å². The van der Waals surface area contributed by atoms with E-state index in [-0.39, 0.29) is 11.8 Å². The number of fused-ring (bicyclic) bond motifs is 1. The lowest BCUT2D eigenvalue weighted by Crippen LogP contribution is -2.36. The molecule has 2 heterocycles. The molecule has 0 unspecified atom stereocenters. The summed E-state index contributed by atoms with van der Waals surface area (Å²) in [4.78, 5) is 24.7. The van der Waals surface area contributed by atoms with Crippen molar-refractivity contribution < 1.29 is 9.90 Å². The van der Waals surface area contributed by atoms with Crippen LogP contribution in [-0.2, 0) is 0 Å². The number of anilines is 1. The zero-order chi connectivity index (χ0) is 19.0. The predicted octanol–water partition coefficient (Wildman–Crippen LogP) is 3.95. The monoisotopic (exact) mass is 384 g/mol. The van der Waals surface area contributed by atoms with Crippen LogP contribution < -0.4 is 5.32 Å². The van der Waals surface area contributed by atoms with E-state index in [1.54, 1.807) is 30.5 Å². The maximum absolute atomic E-state index is 13.1. The van der Waals surface area contributed by atoms with E-state index >= 15 is 0 Å². The molecule has 1 aliphatic carbocycles. The fraction of sp³-hybridized carbons (Fsp3) is 0.350. The van der Waals surface area contributed by atoms with Gasteiger partial charge in [-0.1, -0.05) is 23.7 Å². The third kappa shape index (κ3) is 3.55. The Labute approximate surface area is 162 Å². The molecule has 6 nitrogen and oxygen atoms in total. The van der Waals surface area contributed by atoms with Crippen LogP contribution >= 0.6 is 11.6 Å². The second-order valence-electron chi connectivity index (χ2n) is 7.37. The Kier molecular flexibility index (Phi) is 4.61. The molecule has 0 bridgehead atoms. The molecule has 1 aromatic carbocycles. The van der Waals surface area contributed by atoms with Crippen LogP contribution in [0.4, 0.5) is 5.82 Å². The predicted molar refractivity (Wildman–Crippen MR) is 105 cm³/mol. The summed E-state index contributed by atoms with van der Waals surface area (Å²) in [5.41, 5.74) is 0.941. The second-order valence-corrected chi connectivity index (χ2v) is 7.78. The quantitative estimate of drug-likeness (QED) is 0.592. The SMILES string of the molecule is C[C@]1(O)CC[C@@H](Nc2ncnc3[nH]cc(C(=O)c4ccccc4Cl)c23)CC1. The average Bonchev–Trinajstić information content (AvgIpc) is 3.08. The minimum Gasteiger partial charge on any atom is -0.390 e. The lowest BCUT2D eigenvalue weighted by Gasteiger charge is -2.33. The molecule has 27 heavy (non-hydrogen) atoms. The van der Waals surface area contributed by atoms with Crippen molar-refractivity contribution >= 4 is 34.2 Å². The van der Waals surface area contributed by atoms with Crippen molar-refractivity contribution in [3.05, 3.63) is 52.9 Å². The minimum absolute atomic E-state index is 0.170. The molecule has 2 aromatic heterocycles. The summed E-state index contributed by atoms with van der Waals surface area (Å²) in [5.74, 6) is 0.458. The number of halogens is 1. The van der Waals surface area contributed by atoms with Gasteiger partial charge in [0.15, 0.2) is 5.78 Å². The van der Waals surface area contributed by atoms with Crippen molar-refractivity contribution in [2.24, 2.45) is 0 Å². The Balaban J connectivity index is 1.68. The van der Waals surface area contributed by atoms with E-state index in [9.17, 15) is 9.90 Å². The molecular weight excluding hydrogens is 364 g/mol. The van der Waals surface area contributed by atoms with Crippen LogP contribution in [0.15, 0.2) is 36.8 Å². The summed E-state index contributed by atoms with van der Waals surface area (Å²) in [5, 5.41) is 14.7. The van der Waals surface area contributed by atoms with Crippen molar-refractivity contribution in [2.75, 3.05) is 5.32 Å². The number of rotatable bonds is 4. The van der Waals surface area contributed by atoms with E-state index in [0.29, 0.717) is 33.0 Å². The smallest absolute Gasteiger partial charge is 0.196 e. The number of ketones is 1. The molecule has 3 N–H and O–H groups in total. The first-order valence-corrected chi connectivity index (χ1v) is 9.43. The molecule has 0 radical (unpaired) electrons. The number of hydrogen-bond acceptors (Lipinski definition) is 5. The molecular formula is C20H21ClN4O2. The van der Waals surface area contributed by atoms with Gasteiger partial charge in [-0.25, -0.2) is 9.97 Å². The normalized spacial score (nSPS) is 22.7. The number of nitrogens with zero attached hydrogens (tertiary/aromatic N) is 2. The van der Waals surface area contributed by atoms with Gasteiger partial charge in [-0.15, -0.1) is 0 Å². The minimum atomic E-state index is -0.599. The van der Waals surface area contributed by atoms with Gasteiger partial charge in [0, 0.05) is 17.8 Å². The van der Waals surface area contributed by atoms with Crippen LogP contribution in [0, 0.1) is 0 Å². The van der Waals surface area contributed by atoms with Crippen LogP contribution in [0.2, 0.25) is 5.02 Å². The summed E-state index contributed by atoms with van der Waals surface area (Å²) in [7, 11) is 0. The molecule has 1 fully saturated rings. The zero-order valence-corrected chi connectivity index (χ0v) is 15.8. The van der Waals surface area contributed by atoms with Crippen LogP contribution in [0.5, 0.6) is 0 Å². The first-order valence-electron chi connectivity index (χ1n) is 9.05. The van der Waals surface area contributed by atoms with Crippen LogP contribution in [0.1, 0.15) is 48.5 Å². The number of benzene rings is 1. The number of aliphatic hydroxyl groups is 1. The van der Waals surface area contributed by atoms with Crippen molar-refractivity contribution in [3.8, 4) is 0 Å². The highest BCUT2D eigenvalue weighted by Gasteiger charge is 2.29. The van der Waals surface area contributed by atoms with E-state index in [2.05, 4.69) is 20.3 Å². The number of H-pyrrole nitrogens is 1. The van der Waals surface area contributed by atoms with E-state index in [1.807, 2.05) is 6.92 Å². The second kappa shape index (κ2) is 6.94. The van der Waals surface area contributed by atoms with Gasteiger partial charge in [-0.05, 0) is 44.7 Å². The van der Waals surface area contributed by atoms with Gasteiger partial charge in [0.1, 0.15) is 17.8 Å². The first kappa shape index (κ1) is 17.9. The van der Waals surface area contributed by atoms with Gasteiger partial charge in [-0.2, -0.15) is 0 Å². The van der Waals surface area contributed by atoms with E-state index in [0.717, 1.165) is 25.7 Å². The van der Waals surface area contributed by atoms with Crippen molar-refractivity contribution in [1.82, 2.24) is 15.0 Å². The number of hydrogen-bond donors (Lipinski definition) is 3. The maximum Gasteiger partial charge on any atom is 0.196 e. The largest absolute Gasteiger partial charge is 0.390 e. The van der Waals surface area contributed by atoms with Crippen LogP contribution in [0.3, 0.4) is 0 Å². The highest BCUT2D eigenvalue weighted by atomic mass is 35.5. The van der Waals surface area contributed by atoms with Gasteiger partial charge in [0.2, 0.25) is 0 Å². The molecule has 1 saturated carbocycles. The van der Waals surface area contributed by atoms with Crippen molar-refractivity contribution in [3.63, 3.8) is 0 Å². The molecule has 3 aromatic rings. The Morgan fingerprint density at radius 3 is 2.74 bits per heavy atom. The molecule has 1 aliphatic rings. The number of nitrogens with one attached hydrogen (secondary N) is 2. The van der Waals surface area contributed by atoms with E-state index < -0.39 is 5.60 Å². The fourth-order valence-electron chi connectivity index (χ4n) is 3.62. The summed E-state index contributed by atoms with van der Waals surface area (Å²) >= 11 is 6.21. The molecule has 0 aliphatic heterocycles. The molecule has 0 saturated heterocycles. The first-order chi connectivity index (χ1) is 12.9. The number of carbonyl (C=O) groups excluding carboxylic acids is 1. The Morgan fingerprint density at radius 1 is 1.26 bits per heavy atom. The highest BCUT2D eigenvalue weighted by molar-refractivity contribution is 6.35. The third-order valence-corrected chi connectivity index (χ3v) is 5.57. The van der Waals surface area contributed by atoms with Gasteiger partial charge < -0.3 is 15.4 Å². The van der Waals surface area contributed by atoms with E-state index in [4.69, 9.17) is 11.6 Å². The molecule has 140 valence electrons. The van der Waals surface area contributed by atoms with Gasteiger partial charge >= 0.3 is 0 Å². The third-order valence-electron chi connectivity index (χ3n) is 5.24. The standard InChI is InChI=1S/C20H21ClN4O2/c1-20(27)8-6-12(7-9-20)25-19-16-14(10-22-18(16)23-11-24-19)17(26)13-4-2-3-5-15(13)21/h2-5,10-12,27H,6-9H2,1H3,(H2,22,23,24,25)/t12-,20+. The number of carbonyl (C=O) groups is 1. The lowest BCUT2D eigenvalue weighted by atomic mass is 9.83. The van der Waals surface area contributed by atoms with Crippen molar-refractivity contribution in [2.45, 2.75) is 44.2 Å². The van der Waals surface area contributed by atoms with E-state index in [1.165, 1.54) is 6.33 Å². The Bertz CT molecular complexity index is 989. The summed E-state index contributed by atoms with van der Waals surface area (Å²) in [6.07, 6.45) is 6.29. The lowest BCUT2D eigenvalue weighted by molar-refractivity contribution is 0.0196. The molecule has 0 amide bonds. The highest BCUT2D eigenvalue weighted by Crippen LogP contribution is 2.32. The Morgan fingerprint density at radius 2 is 2.00 bits per heavy atom. The number of aromatic amines is 1. The summed E-state index contributed by atoms with van der Waals surface area (Å²) < 4.78 is 0. The Hall–Kier alpha value is -2.44. The fourth-order valence-corrected chi connectivity index (χ4v) is 3.84. The molecule has 0 spiro atoms. The van der Waals surface area contributed by atoms with Crippen molar-refractivity contribution in [1.29, 1.82) is 0 Å². The number of aromatic nitrogens is 3. The zero-order valence-electron chi connectivity index (χ0n) is 15.0. The molecule has 7 heteroatoms. The van der Waals surface area contributed by atoms with Crippen LogP contribution in [-0.4, -0.2) is 37.5 Å². The maximum atomic E-state index is 13.1. The van der Waals surface area contributed by atoms with Gasteiger partial charge in [0.25, 0.3) is 0 Å². The molecule has 0 atom stereocenters. The van der Waals surface area contributed by atoms with Gasteiger partial charge in [-0.3, -0.25) is 4.79 Å². The summed E-state index contributed by atoms with van der Waals surface area (Å²) in [6, 6.07) is 7.19. The summed E-state index contributed by atoms with van der Waals surface area (Å²) in [6.45, 7) is 1.87. The molecule has 4 rings (SSSR count). The van der Waals surface area contributed by atoms with Crippen LogP contribution in [0.25, 0.3) is 11.0 Å². The average molecular weight is 385 g/mol. The topological polar surface area (TPSA) is 90.9 Å².